The summed E-state index contributed by atoms with van der Waals surface area (Å²) in [5.41, 5.74) is 32.9. The third kappa shape index (κ3) is 9.51. The molecule has 72 heavy (non-hydrogen) atoms. The first kappa shape index (κ1) is 49.4. The maximum atomic E-state index is 15.0. The number of rotatable bonds is 6. The first-order valence-corrected chi connectivity index (χ1v) is 23.7. The lowest BCUT2D eigenvalue weighted by Gasteiger charge is -2.32. The monoisotopic (exact) mass is 1090 g/mol. The molecule has 18 nitrogen and oxygen atoms in total. The smallest absolute Gasteiger partial charge is 0.423 e. The lowest BCUT2D eigenvalue weighted by Crippen LogP contribution is -2.41. The van der Waals surface area contributed by atoms with Gasteiger partial charge in [-0.25, -0.2) is 8.78 Å². The Morgan fingerprint density at radius 3 is 1.58 bits per heavy atom. The Hall–Kier alpha value is -7.57. The summed E-state index contributed by atoms with van der Waals surface area (Å²) in [5, 5.41) is 7.35. The van der Waals surface area contributed by atoms with Gasteiger partial charge in [0.1, 0.15) is 45.6 Å². The molecule has 10 aromatic rings. The fourth-order valence-corrected chi connectivity index (χ4v) is 9.37. The maximum Gasteiger partial charge on any atom is 0.494 e. The van der Waals surface area contributed by atoms with E-state index in [1.165, 1.54) is 12.1 Å². The Kier molecular flexibility index (Phi) is 12.7. The van der Waals surface area contributed by atoms with Gasteiger partial charge in [-0.3, -0.25) is 0 Å². The predicted molar refractivity (Wildman–Crippen MR) is 288 cm³/mol. The van der Waals surface area contributed by atoms with Crippen LogP contribution in [0.3, 0.4) is 0 Å². The van der Waals surface area contributed by atoms with Crippen molar-refractivity contribution in [2.75, 3.05) is 33.6 Å². The van der Waals surface area contributed by atoms with E-state index in [9.17, 15) is 8.78 Å². The highest BCUT2D eigenvalue weighted by molar-refractivity contribution is 14.1. The van der Waals surface area contributed by atoms with E-state index in [4.69, 9.17) is 41.1 Å². The fraction of sp³-hybridized carbons (Fsp3) is 0.240. The summed E-state index contributed by atoms with van der Waals surface area (Å²) in [4.78, 5) is 25.1. The largest absolute Gasteiger partial charge is 0.494 e. The van der Waals surface area contributed by atoms with Gasteiger partial charge in [0, 0.05) is 35.6 Å². The standard InChI is InChI=1S/C22H20FN7O.C21H24BFN2O3.C7H8IN5/c1-10-6-11(2)18-16(7-10)27-22(31-18)26-15-5-4-12(8-14(15)23)13-9-30(3)20-17(13)19(24)28-21(25)29-20;1-12-9-13(2)18-17(10-12)25-19(26-18)24-16-8-7-14(11-15(16)23)22-27-20(3,4)21(5,6)28-22;1-13-2-3(8)4-5(9)11-7(10)12-6(4)13/h4-9H,1-3H3,(H,26,27)(H4,24,25,28,29);7-11H,1-6H3,(H,24,25);2H,1H3,(H4,9,10,11,12). The van der Waals surface area contributed by atoms with Crippen LogP contribution in [0.2, 0.25) is 0 Å². The molecule has 22 heteroatoms. The summed E-state index contributed by atoms with van der Waals surface area (Å²) < 4.78 is 57.9. The molecule has 0 atom stereocenters. The van der Waals surface area contributed by atoms with Crippen molar-refractivity contribution in [3.63, 3.8) is 0 Å². The summed E-state index contributed by atoms with van der Waals surface area (Å²) in [7, 11) is 3.11. The molecule has 1 aliphatic heterocycles. The highest BCUT2D eigenvalue weighted by Crippen LogP contribution is 2.38. The number of anilines is 8. The number of aryl methyl sites for hydroxylation is 6. The number of hydrogen-bond acceptors (Lipinski definition) is 16. The van der Waals surface area contributed by atoms with Crippen LogP contribution in [0.15, 0.2) is 81.9 Å². The third-order valence-electron chi connectivity index (χ3n) is 12.6. The normalized spacial score (nSPS) is 13.9. The molecule has 0 saturated carbocycles. The van der Waals surface area contributed by atoms with Gasteiger partial charge in [-0.05, 0) is 148 Å². The molecule has 1 saturated heterocycles. The summed E-state index contributed by atoms with van der Waals surface area (Å²) in [6.07, 6.45) is 3.76. The van der Waals surface area contributed by atoms with Crippen LogP contribution >= 0.6 is 22.6 Å². The van der Waals surface area contributed by atoms with Crippen LogP contribution in [0.4, 0.5) is 55.7 Å². The van der Waals surface area contributed by atoms with Crippen molar-refractivity contribution in [1.29, 1.82) is 0 Å². The minimum Gasteiger partial charge on any atom is -0.423 e. The number of nitrogens with two attached hydrogens (primary N) is 4. The molecular weight excluding hydrogens is 1040 g/mol. The lowest BCUT2D eigenvalue weighted by atomic mass is 9.79. The van der Waals surface area contributed by atoms with Crippen molar-refractivity contribution in [2.24, 2.45) is 14.1 Å². The number of oxazole rings is 2. The molecule has 10 N–H and O–H groups in total. The second-order valence-corrected chi connectivity index (χ2v) is 19.9. The van der Waals surface area contributed by atoms with E-state index < -0.39 is 30.0 Å². The fourth-order valence-electron chi connectivity index (χ4n) is 8.43. The molecule has 1 fully saturated rings. The van der Waals surface area contributed by atoms with E-state index in [0.29, 0.717) is 44.6 Å². The number of benzene rings is 4. The molecule has 0 aliphatic carbocycles. The van der Waals surface area contributed by atoms with Gasteiger partial charge < -0.3 is 60.8 Å². The van der Waals surface area contributed by atoms with E-state index >= 15 is 0 Å². The molecule has 1 aliphatic rings. The zero-order chi connectivity index (χ0) is 51.7. The van der Waals surface area contributed by atoms with Crippen LogP contribution in [0.5, 0.6) is 0 Å². The summed E-state index contributed by atoms with van der Waals surface area (Å²) in [6.45, 7) is 15.8. The second kappa shape index (κ2) is 18.6. The van der Waals surface area contributed by atoms with Crippen LogP contribution in [0.25, 0.3) is 55.4 Å². The SMILES string of the molecule is Cc1cc(C)c2oc(Nc3ccc(-c4cn(C)c5nc(N)nc(N)c45)cc3F)nc2c1.Cc1cc(C)c2oc(Nc3ccc(B4OC(C)(C)C(C)(C)O4)cc3F)nc2c1.Cn1cc(I)c2c(N)nc(N)nc21. The van der Waals surface area contributed by atoms with Crippen LogP contribution in [-0.2, 0) is 23.4 Å². The van der Waals surface area contributed by atoms with Crippen molar-refractivity contribution < 1.29 is 26.9 Å². The average Bonchev–Trinajstić information content (AvgIpc) is 4.08. The highest BCUT2D eigenvalue weighted by Gasteiger charge is 2.51. The first-order valence-electron chi connectivity index (χ1n) is 22.6. The molecule has 7 heterocycles. The number of halogens is 3. The van der Waals surface area contributed by atoms with E-state index in [1.54, 1.807) is 28.8 Å². The number of aromatic nitrogens is 8. The molecule has 0 spiro atoms. The van der Waals surface area contributed by atoms with Crippen LogP contribution in [-0.4, -0.2) is 57.4 Å². The van der Waals surface area contributed by atoms with Crippen molar-refractivity contribution in [3.8, 4) is 11.1 Å². The zero-order valence-electron chi connectivity index (χ0n) is 41.2. The highest BCUT2D eigenvalue weighted by atomic mass is 127. The minimum absolute atomic E-state index is 0.0900. The molecule has 6 aromatic heterocycles. The van der Waals surface area contributed by atoms with Crippen molar-refractivity contribution in [1.82, 2.24) is 39.0 Å². The Morgan fingerprint density at radius 2 is 1.07 bits per heavy atom. The number of hydrogen-bond donors (Lipinski definition) is 6. The lowest BCUT2D eigenvalue weighted by molar-refractivity contribution is 0.00578. The first-order chi connectivity index (χ1) is 33.9. The Balaban J connectivity index is 0.000000144. The van der Waals surface area contributed by atoms with Gasteiger partial charge in [-0.2, -0.15) is 29.9 Å². The maximum absolute atomic E-state index is 15.0. The van der Waals surface area contributed by atoms with Gasteiger partial charge >= 0.3 is 7.12 Å². The molecule has 0 unspecified atom stereocenters. The predicted octanol–water partition coefficient (Wildman–Crippen LogP) is 9.80. The van der Waals surface area contributed by atoms with Crippen molar-refractivity contribution >= 4 is 126 Å². The Labute approximate surface area is 426 Å². The summed E-state index contributed by atoms with van der Waals surface area (Å²) >= 11 is 2.19. The van der Waals surface area contributed by atoms with E-state index in [-0.39, 0.29) is 41.1 Å². The van der Waals surface area contributed by atoms with Crippen LogP contribution < -0.4 is 39.0 Å². The number of nitrogens with zero attached hydrogens (tertiary/aromatic N) is 8. The van der Waals surface area contributed by atoms with Gasteiger partial charge in [0.05, 0.1) is 33.3 Å². The molecule has 0 bridgehead atoms. The average molecular weight is 1090 g/mol. The van der Waals surface area contributed by atoms with Crippen molar-refractivity contribution in [3.05, 3.63) is 111 Å². The van der Waals surface area contributed by atoms with E-state index in [1.807, 2.05) is 111 Å². The molecule has 0 radical (unpaired) electrons. The Morgan fingerprint density at radius 1 is 0.597 bits per heavy atom. The second-order valence-electron chi connectivity index (χ2n) is 18.7. The quantitative estimate of drug-likeness (QED) is 0.0668. The van der Waals surface area contributed by atoms with Gasteiger partial charge in [-0.1, -0.05) is 24.3 Å². The van der Waals surface area contributed by atoms with Gasteiger partial charge in [0.2, 0.25) is 11.9 Å². The number of nitrogens with one attached hydrogen (secondary N) is 2. The summed E-state index contributed by atoms with van der Waals surface area (Å²) in [5.74, 6) is 0.0992. The summed E-state index contributed by atoms with van der Waals surface area (Å²) in [6, 6.07) is 18.1. The molecule has 370 valence electrons. The Bertz CT molecular complexity index is 3740. The van der Waals surface area contributed by atoms with Gasteiger partial charge in [-0.15, -0.1) is 0 Å². The van der Waals surface area contributed by atoms with Crippen molar-refractivity contribution in [2.45, 2.75) is 66.6 Å². The van der Waals surface area contributed by atoms with Crippen LogP contribution in [0, 0.1) is 42.9 Å². The van der Waals surface area contributed by atoms with E-state index in [0.717, 1.165) is 47.9 Å². The zero-order valence-corrected chi connectivity index (χ0v) is 43.3. The van der Waals surface area contributed by atoms with Crippen LogP contribution in [0.1, 0.15) is 49.9 Å². The molecule has 11 rings (SSSR count). The van der Waals surface area contributed by atoms with E-state index in [2.05, 4.69) is 63.1 Å². The minimum atomic E-state index is -0.608. The molecule has 0 amide bonds. The topological polar surface area (TPSA) is 260 Å². The number of fused-ring (bicyclic) bond motifs is 4. The third-order valence-corrected chi connectivity index (χ3v) is 13.4. The number of nitrogen functional groups attached to an aromatic ring is 4. The molecule has 4 aromatic carbocycles. The van der Waals surface area contributed by atoms with Gasteiger partial charge in [0.15, 0.2) is 11.2 Å². The molecular formula is C50H52BF2IN14O4. The van der Waals surface area contributed by atoms with Gasteiger partial charge in [0.25, 0.3) is 12.0 Å².